The smallest absolute Gasteiger partial charge is 0.251 e. The second kappa shape index (κ2) is 7.76. The third-order valence-corrected chi connectivity index (χ3v) is 6.95. The highest BCUT2D eigenvalue weighted by molar-refractivity contribution is 7.94. The Hall–Kier alpha value is -2.45. The Kier molecular flexibility index (Phi) is 5.69. The zero-order chi connectivity index (χ0) is 21.4. The molecule has 1 heterocycles. The second-order valence-corrected chi connectivity index (χ2v) is 9.73. The van der Waals surface area contributed by atoms with Crippen molar-refractivity contribution in [3.05, 3.63) is 64.4 Å². The van der Waals surface area contributed by atoms with Crippen molar-refractivity contribution in [1.82, 2.24) is 5.32 Å². The molecule has 0 aliphatic carbocycles. The highest BCUT2D eigenvalue weighted by atomic mass is 35.5. The fourth-order valence-electron chi connectivity index (χ4n) is 3.13. The van der Waals surface area contributed by atoms with Crippen LogP contribution in [0.4, 0.5) is 10.1 Å². The Morgan fingerprint density at radius 2 is 1.86 bits per heavy atom. The predicted octanol–water partition coefficient (Wildman–Crippen LogP) is 3.15. The summed E-state index contributed by atoms with van der Waals surface area (Å²) in [6.45, 7) is 3.40. The van der Waals surface area contributed by atoms with Gasteiger partial charge in [0.05, 0.1) is 21.9 Å². The quantitative estimate of drug-likeness (QED) is 0.777. The number of carbonyl (C=O) groups excluding carboxylic acids is 2. The highest BCUT2D eigenvalue weighted by Gasteiger charge is 2.50. The predicted molar refractivity (Wildman–Crippen MR) is 109 cm³/mol. The summed E-state index contributed by atoms with van der Waals surface area (Å²) in [4.78, 5) is 25.1. The minimum Gasteiger partial charge on any atom is -0.352 e. The lowest BCUT2D eigenvalue weighted by Crippen LogP contribution is -2.33. The van der Waals surface area contributed by atoms with E-state index in [1.165, 1.54) is 30.3 Å². The Labute approximate surface area is 173 Å². The number of amides is 2. The molecule has 2 aromatic rings. The summed E-state index contributed by atoms with van der Waals surface area (Å²) in [5.74, 6) is -1.69. The van der Waals surface area contributed by atoms with Gasteiger partial charge >= 0.3 is 0 Å². The average Bonchev–Trinajstić information content (AvgIpc) is 2.80. The van der Waals surface area contributed by atoms with Gasteiger partial charge in [0.25, 0.3) is 5.91 Å². The molecule has 1 saturated heterocycles. The van der Waals surface area contributed by atoms with Crippen LogP contribution in [0.5, 0.6) is 0 Å². The van der Waals surface area contributed by atoms with Crippen LogP contribution < -0.4 is 9.62 Å². The molecule has 29 heavy (non-hydrogen) atoms. The summed E-state index contributed by atoms with van der Waals surface area (Å²) in [5.41, 5.74) is -0.0700. The van der Waals surface area contributed by atoms with Crippen molar-refractivity contribution in [2.24, 2.45) is 5.41 Å². The van der Waals surface area contributed by atoms with Crippen molar-refractivity contribution >= 4 is 39.1 Å². The van der Waals surface area contributed by atoms with E-state index < -0.39 is 27.3 Å². The first-order valence-electron chi connectivity index (χ1n) is 8.91. The van der Waals surface area contributed by atoms with Crippen molar-refractivity contribution in [2.45, 2.75) is 20.3 Å². The van der Waals surface area contributed by atoms with Crippen molar-refractivity contribution in [1.29, 1.82) is 0 Å². The normalized spacial score (nSPS) is 17.4. The van der Waals surface area contributed by atoms with Crippen molar-refractivity contribution < 1.29 is 22.4 Å². The first-order chi connectivity index (χ1) is 13.5. The molecule has 0 atom stereocenters. The van der Waals surface area contributed by atoms with E-state index >= 15 is 0 Å². The molecular formula is C20H20ClFN2O4S. The standard InChI is InChI=1S/C20H20ClFN2O4S/c1-20(2)12-29(27,28)24(19(20)26)17-11-14(5-8-16(17)21)18(25)23-10-9-13-3-6-15(22)7-4-13/h3-8,11H,9-10,12H2,1-2H3,(H,23,25). The van der Waals surface area contributed by atoms with Crippen LogP contribution >= 0.6 is 11.6 Å². The van der Waals surface area contributed by atoms with E-state index in [0.717, 1.165) is 5.56 Å². The van der Waals surface area contributed by atoms with Crippen LogP contribution in [0.3, 0.4) is 0 Å². The van der Waals surface area contributed by atoms with E-state index in [-0.39, 0.29) is 27.8 Å². The number of nitrogens with zero attached hydrogens (tertiary/aromatic N) is 1. The molecule has 2 amide bonds. The Balaban J connectivity index is 1.77. The lowest BCUT2D eigenvalue weighted by atomic mass is 9.95. The summed E-state index contributed by atoms with van der Waals surface area (Å²) in [5, 5.41) is 2.78. The van der Waals surface area contributed by atoms with Crippen LogP contribution in [0.15, 0.2) is 42.5 Å². The van der Waals surface area contributed by atoms with E-state index in [4.69, 9.17) is 11.6 Å². The van der Waals surface area contributed by atoms with Gasteiger partial charge in [0.2, 0.25) is 15.9 Å². The fourth-order valence-corrected chi connectivity index (χ4v) is 5.49. The molecule has 154 valence electrons. The number of carbonyl (C=O) groups is 2. The monoisotopic (exact) mass is 438 g/mol. The summed E-state index contributed by atoms with van der Waals surface area (Å²) < 4.78 is 38.6. The van der Waals surface area contributed by atoms with Gasteiger partial charge in [-0.15, -0.1) is 0 Å². The summed E-state index contributed by atoms with van der Waals surface area (Å²) >= 11 is 6.14. The van der Waals surface area contributed by atoms with Gasteiger partial charge in [-0.25, -0.2) is 17.1 Å². The Morgan fingerprint density at radius 1 is 1.21 bits per heavy atom. The molecule has 1 aliphatic rings. The number of hydrogen-bond acceptors (Lipinski definition) is 4. The molecule has 1 fully saturated rings. The summed E-state index contributed by atoms with van der Waals surface area (Å²) in [7, 11) is -3.88. The van der Waals surface area contributed by atoms with E-state index in [0.29, 0.717) is 17.3 Å². The number of anilines is 1. The highest BCUT2D eigenvalue weighted by Crippen LogP contribution is 2.39. The molecular weight excluding hydrogens is 419 g/mol. The number of hydrogen-bond donors (Lipinski definition) is 1. The fraction of sp³-hybridized carbons (Fsp3) is 0.300. The number of benzene rings is 2. The lowest BCUT2D eigenvalue weighted by Gasteiger charge is -2.19. The van der Waals surface area contributed by atoms with E-state index in [2.05, 4.69) is 5.32 Å². The Bertz CT molecular complexity index is 1070. The van der Waals surface area contributed by atoms with Crippen LogP contribution in [0.1, 0.15) is 29.8 Å². The molecule has 9 heteroatoms. The maximum absolute atomic E-state index is 12.9. The van der Waals surface area contributed by atoms with Gasteiger partial charge in [-0.1, -0.05) is 23.7 Å². The first kappa shape index (κ1) is 21.3. The molecule has 0 aromatic heterocycles. The largest absolute Gasteiger partial charge is 0.352 e. The van der Waals surface area contributed by atoms with E-state index in [9.17, 15) is 22.4 Å². The lowest BCUT2D eigenvalue weighted by molar-refractivity contribution is -0.123. The van der Waals surface area contributed by atoms with Crippen LogP contribution in [0.2, 0.25) is 5.02 Å². The number of halogens is 2. The van der Waals surface area contributed by atoms with Gasteiger partial charge in [-0.05, 0) is 56.2 Å². The van der Waals surface area contributed by atoms with E-state index in [1.54, 1.807) is 26.0 Å². The van der Waals surface area contributed by atoms with Crippen LogP contribution in [0.25, 0.3) is 0 Å². The van der Waals surface area contributed by atoms with Crippen molar-refractivity contribution in [3.63, 3.8) is 0 Å². The third kappa shape index (κ3) is 4.43. The average molecular weight is 439 g/mol. The molecule has 0 spiro atoms. The van der Waals surface area contributed by atoms with Crippen LogP contribution in [-0.2, 0) is 21.2 Å². The molecule has 1 aliphatic heterocycles. The van der Waals surface area contributed by atoms with Crippen LogP contribution in [0, 0.1) is 11.2 Å². The molecule has 3 rings (SSSR count). The molecule has 0 radical (unpaired) electrons. The molecule has 0 bridgehead atoms. The summed E-state index contributed by atoms with van der Waals surface area (Å²) in [6.07, 6.45) is 0.500. The van der Waals surface area contributed by atoms with Gasteiger partial charge in [0.15, 0.2) is 0 Å². The minimum absolute atomic E-state index is 0.0339. The number of sulfonamides is 1. The molecule has 0 unspecified atom stereocenters. The first-order valence-corrected chi connectivity index (χ1v) is 10.9. The van der Waals surface area contributed by atoms with Crippen molar-refractivity contribution in [3.8, 4) is 0 Å². The molecule has 0 saturated carbocycles. The zero-order valence-corrected chi connectivity index (χ0v) is 17.5. The molecule has 6 nitrogen and oxygen atoms in total. The Morgan fingerprint density at radius 3 is 2.45 bits per heavy atom. The topological polar surface area (TPSA) is 83.6 Å². The third-order valence-electron chi connectivity index (χ3n) is 4.62. The van der Waals surface area contributed by atoms with Crippen molar-refractivity contribution in [2.75, 3.05) is 16.6 Å². The molecule has 1 N–H and O–H groups in total. The van der Waals surface area contributed by atoms with Crippen LogP contribution in [-0.4, -0.2) is 32.5 Å². The zero-order valence-electron chi connectivity index (χ0n) is 15.9. The van der Waals surface area contributed by atoms with Gasteiger partial charge < -0.3 is 5.32 Å². The van der Waals surface area contributed by atoms with E-state index in [1.807, 2.05) is 0 Å². The molecule has 2 aromatic carbocycles. The SMILES string of the molecule is CC1(C)CS(=O)(=O)N(c2cc(C(=O)NCCc3ccc(F)cc3)ccc2Cl)C1=O. The summed E-state index contributed by atoms with van der Waals surface area (Å²) in [6, 6.07) is 10.1. The maximum atomic E-state index is 12.9. The van der Waals surface area contributed by atoms with Gasteiger partial charge in [0.1, 0.15) is 5.82 Å². The number of nitrogens with one attached hydrogen (secondary N) is 1. The number of rotatable bonds is 5. The van der Waals surface area contributed by atoms with Gasteiger partial charge in [-0.2, -0.15) is 0 Å². The van der Waals surface area contributed by atoms with Gasteiger partial charge in [-0.3, -0.25) is 9.59 Å². The second-order valence-electron chi connectivity index (χ2n) is 7.51. The van der Waals surface area contributed by atoms with Gasteiger partial charge in [0, 0.05) is 12.1 Å². The maximum Gasteiger partial charge on any atom is 0.251 e. The minimum atomic E-state index is -3.88.